The fourth-order valence-electron chi connectivity index (χ4n) is 9.94. The van der Waals surface area contributed by atoms with Gasteiger partial charge in [-0.25, -0.2) is 0 Å². The van der Waals surface area contributed by atoms with Gasteiger partial charge in [-0.1, -0.05) is 84.4 Å². The number of carbonyl (C=O) groups is 6. The van der Waals surface area contributed by atoms with Crippen LogP contribution in [0.4, 0.5) is 0 Å². The molecule has 3 aliphatic carbocycles. The van der Waals surface area contributed by atoms with Gasteiger partial charge < -0.3 is 52.0 Å². The van der Waals surface area contributed by atoms with Gasteiger partial charge in [0.05, 0.1) is 23.8 Å². The molecule has 0 radical (unpaired) electrons. The molecule has 0 spiro atoms. The molecule has 9 N–H and O–H groups in total. The zero-order valence-corrected chi connectivity index (χ0v) is 42.0. The van der Waals surface area contributed by atoms with Crippen LogP contribution in [0, 0.1) is 22.7 Å². The number of carbonyl (C=O) groups excluding carboxylic acids is 6. The first-order valence-corrected chi connectivity index (χ1v) is 24.7. The first-order chi connectivity index (χ1) is 32.0. The molecule has 10 atom stereocenters. The van der Waals surface area contributed by atoms with Crippen molar-refractivity contribution in [3.8, 4) is 11.1 Å². The molecule has 2 aromatic carbocycles. The Balaban J connectivity index is 1.11. The number of aliphatic hydroxyl groups is 1. The molecule has 1 saturated heterocycles. The molecule has 68 heavy (non-hydrogen) atoms. The van der Waals surface area contributed by atoms with E-state index >= 15 is 0 Å². The summed E-state index contributed by atoms with van der Waals surface area (Å²) in [5.41, 5.74) is 8.41. The molecule has 2 bridgehead atoms. The Hall–Kier alpha value is -4.84. The summed E-state index contributed by atoms with van der Waals surface area (Å²) < 4.78 is 12.9. The summed E-state index contributed by atoms with van der Waals surface area (Å²) in [6.45, 7) is 19.2. The average molecular weight is 944 g/mol. The Kier molecular flexibility index (Phi) is 18.4. The summed E-state index contributed by atoms with van der Waals surface area (Å²) in [7, 11) is -0.661. The number of aryl methyl sites for hydroxylation is 1. The van der Waals surface area contributed by atoms with Gasteiger partial charge in [-0.3, -0.25) is 28.8 Å². The molecule has 4 aliphatic rings. The molecule has 3 saturated carbocycles. The van der Waals surface area contributed by atoms with Crippen LogP contribution in [-0.4, -0.2) is 109 Å². The number of aliphatic hydroxyl groups excluding tert-OH is 1. The zero-order chi connectivity index (χ0) is 50.1. The molecule has 1 unspecified atom stereocenters. The lowest BCUT2D eigenvalue weighted by Crippen LogP contribution is -2.65. The number of unbranched alkanes of at least 4 members (excludes halogenated alkanes) is 2. The third-order valence-corrected chi connectivity index (χ3v) is 14.5. The van der Waals surface area contributed by atoms with Crippen molar-refractivity contribution in [1.82, 2.24) is 31.9 Å². The van der Waals surface area contributed by atoms with Crippen LogP contribution in [0.15, 0.2) is 48.5 Å². The molecular weight excluding hydrogens is 865 g/mol. The Bertz CT molecular complexity index is 2080. The van der Waals surface area contributed by atoms with E-state index in [1.54, 1.807) is 12.1 Å². The third kappa shape index (κ3) is 13.3. The van der Waals surface area contributed by atoms with Gasteiger partial charge in [-0.2, -0.15) is 0 Å². The van der Waals surface area contributed by atoms with E-state index in [4.69, 9.17) is 15.0 Å². The maximum atomic E-state index is 13.8. The fraction of sp³-hybridized carbons (Fsp3) is 0.647. The number of hydrogen-bond donors (Lipinski definition) is 8. The highest BCUT2D eigenvalue weighted by atomic mass is 16.7. The second-order valence-electron chi connectivity index (χ2n) is 21.2. The van der Waals surface area contributed by atoms with Crippen LogP contribution in [-0.2, 0) is 39.7 Å². The van der Waals surface area contributed by atoms with E-state index < -0.39 is 83.9 Å². The Morgan fingerprint density at radius 3 is 2.04 bits per heavy atom. The lowest BCUT2D eigenvalue weighted by molar-refractivity contribution is -0.199. The smallest absolute Gasteiger partial charge is 0.404 e. The molecule has 4 fully saturated rings. The van der Waals surface area contributed by atoms with Gasteiger partial charge >= 0.3 is 7.12 Å². The minimum Gasteiger partial charge on any atom is -0.404 e. The molecule has 16 nitrogen and oxygen atoms in total. The molecule has 0 aromatic heterocycles. The predicted molar refractivity (Wildman–Crippen MR) is 263 cm³/mol. The number of rotatable bonds is 23. The van der Waals surface area contributed by atoms with Gasteiger partial charge in [0.2, 0.25) is 29.5 Å². The normalized spacial score (nSPS) is 23.0. The second kappa shape index (κ2) is 23.2. The molecule has 2 aromatic rings. The van der Waals surface area contributed by atoms with Gasteiger partial charge in [0, 0.05) is 18.5 Å². The molecule has 17 heteroatoms. The predicted octanol–water partition coefficient (Wildman–Crippen LogP) is 4.10. The van der Waals surface area contributed by atoms with Crippen molar-refractivity contribution in [3.63, 3.8) is 0 Å². The first-order valence-electron chi connectivity index (χ1n) is 24.7. The van der Waals surface area contributed by atoms with Crippen molar-refractivity contribution in [2.75, 3.05) is 13.1 Å². The highest BCUT2D eigenvalue weighted by Gasteiger charge is 2.68. The number of nitrogens with two attached hydrogens (primary N) is 1. The third-order valence-electron chi connectivity index (χ3n) is 14.5. The van der Waals surface area contributed by atoms with Crippen LogP contribution in [0.5, 0.6) is 0 Å². The van der Waals surface area contributed by atoms with Crippen LogP contribution in [0.25, 0.3) is 11.1 Å². The summed E-state index contributed by atoms with van der Waals surface area (Å²) in [5, 5.41) is 27.0. The quantitative estimate of drug-likeness (QED) is 0.0587. The van der Waals surface area contributed by atoms with Crippen molar-refractivity contribution in [3.05, 3.63) is 59.7 Å². The van der Waals surface area contributed by atoms with Crippen molar-refractivity contribution in [2.45, 2.75) is 175 Å². The van der Waals surface area contributed by atoms with E-state index in [1.165, 1.54) is 19.4 Å². The molecule has 374 valence electrons. The van der Waals surface area contributed by atoms with Crippen LogP contribution < -0.4 is 37.6 Å². The lowest BCUT2D eigenvalue weighted by Gasteiger charge is -2.64. The van der Waals surface area contributed by atoms with Crippen LogP contribution in [0.1, 0.15) is 137 Å². The molecule has 1 heterocycles. The van der Waals surface area contributed by atoms with Gasteiger partial charge in [-0.05, 0) is 131 Å². The van der Waals surface area contributed by atoms with E-state index in [1.807, 2.05) is 39.8 Å². The molecular formula is C51H78BN7O9. The van der Waals surface area contributed by atoms with E-state index in [0.29, 0.717) is 36.8 Å². The Morgan fingerprint density at radius 1 is 0.809 bits per heavy atom. The summed E-state index contributed by atoms with van der Waals surface area (Å²) >= 11 is 0. The summed E-state index contributed by atoms with van der Waals surface area (Å²) in [6.07, 6.45) is 4.97. The van der Waals surface area contributed by atoms with Crippen LogP contribution >= 0.6 is 0 Å². The van der Waals surface area contributed by atoms with Gasteiger partial charge in [0.1, 0.15) is 24.2 Å². The highest BCUT2D eigenvalue weighted by Crippen LogP contribution is 2.65. The van der Waals surface area contributed by atoms with Gasteiger partial charge in [0.25, 0.3) is 5.91 Å². The average Bonchev–Trinajstić information content (AvgIpc) is 3.66. The van der Waals surface area contributed by atoms with E-state index in [-0.39, 0.29) is 36.8 Å². The van der Waals surface area contributed by atoms with E-state index in [0.717, 1.165) is 43.2 Å². The summed E-state index contributed by atoms with van der Waals surface area (Å²) in [4.78, 5) is 80.7. The monoisotopic (exact) mass is 944 g/mol. The van der Waals surface area contributed by atoms with Crippen molar-refractivity contribution in [1.29, 1.82) is 0 Å². The van der Waals surface area contributed by atoms with Gasteiger partial charge in [-0.15, -0.1) is 0 Å². The topological polar surface area (TPSA) is 239 Å². The number of nitrogens with one attached hydrogen (secondary N) is 6. The second-order valence-corrected chi connectivity index (χ2v) is 21.2. The zero-order valence-electron chi connectivity index (χ0n) is 42.0. The molecule has 1 aliphatic heterocycles. The SMILES string of the molecule is CCCCc1ccc(-c2ccc(C(=O)NCCC(=O)N[C@@H](CCCCN)C(=O)N[C@H](C(=O)N[C@@H](C)C(=O)N[C@H](C(=O)N[C@@H](C)B3OC4C[C@@H]5C[C@@H](C5(C)C)[C@]4(C)O3)C(C)(C)C)[C@@H](C)O)cc2)cc1. The first kappa shape index (κ1) is 54.1. The number of benzene rings is 2. The van der Waals surface area contributed by atoms with E-state index in [9.17, 15) is 33.9 Å². The minimum absolute atomic E-state index is 0.000787. The van der Waals surface area contributed by atoms with Crippen molar-refractivity contribution in [2.24, 2.45) is 28.4 Å². The minimum atomic E-state index is -1.50. The maximum absolute atomic E-state index is 13.8. The highest BCUT2D eigenvalue weighted by molar-refractivity contribution is 6.47. The summed E-state index contributed by atoms with van der Waals surface area (Å²) in [5.74, 6) is -3.15. The fourth-order valence-corrected chi connectivity index (χ4v) is 9.94. The maximum Gasteiger partial charge on any atom is 0.481 e. The Morgan fingerprint density at radius 2 is 1.46 bits per heavy atom. The van der Waals surface area contributed by atoms with E-state index in [2.05, 4.69) is 83.9 Å². The molecule has 6 rings (SSSR count). The summed E-state index contributed by atoms with van der Waals surface area (Å²) in [6, 6.07) is 10.8. The lowest BCUT2D eigenvalue weighted by atomic mass is 9.43. The van der Waals surface area contributed by atoms with Crippen molar-refractivity contribution < 1.29 is 43.2 Å². The largest absolute Gasteiger partial charge is 0.481 e. The van der Waals surface area contributed by atoms with Crippen LogP contribution in [0.2, 0.25) is 0 Å². The number of hydrogen-bond acceptors (Lipinski definition) is 10. The van der Waals surface area contributed by atoms with Gasteiger partial charge in [0.15, 0.2) is 0 Å². The molecule has 6 amide bonds. The van der Waals surface area contributed by atoms with Crippen molar-refractivity contribution >= 4 is 42.6 Å². The standard InChI is InChI=1S/C51H78BN7O9/c1-11-12-15-33-17-19-34(20-18-33)35-21-23-36(24-22-35)45(63)54-27-25-41(61)57-38(16-13-14-26-53)46(64)58-42(31(3)60)47(65)55-30(2)44(62)59-43(49(5,6)7)48(66)56-32(4)52-67-40-29-37-28-39(50(37,8)9)51(40,10)68-52/h17-24,30-32,37-40,42-43,60H,11-16,25-29,53H2,1-10H3,(H,54,63)(H,55,65)(H,56,66)(H,57,61)(H,58,64)(H,59,62)/t30-,31+,32-,37-,38-,39-,40?,42-,43+,51-/m0/s1. The van der Waals surface area contributed by atoms with Crippen LogP contribution in [0.3, 0.4) is 0 Å². The Labute approximate surface area is 403 Å². The number of amides is 6.